The SMILES string of the molecule is CC(CC(C)(C)C)C(C)(C)C(=O)SCCCCCOc1ccc(C2=Cc3ccccc3CCC2)cc1. The Morgan fingerprint density at radius 3 is 2.39 bits per heavy atom. The van der Waals surface area contributed by atoms with Gasteiger partial charge in [-0.05, 0) is 90.7 Å². The number of unbranched alkanes of at least 4 members (excludes halogenated alkanes) is 2. The summed E-state index contributed by atoms with van der Waals surface area (Å²) in [4.78, 5) is 12.8. The van der Waals surface area contributed by atoms with Gasteiger partial charge in [-0.1, -0.05) is 95.8 Å². The molecule has 0 N–H and O–H groups in total. The quantitative estimate of drug-likeness (QED) is 0.284. The van der Waals surface area contributed by atoms with E-state index >= 15 is 0 Å². The first-order valence-corrected chi connectivity index (χ1v) is 14.7. The fourth-order valence-electron chi connectivity index (χ4n) is 4.92. The van der Waals surface area contributed by atoms with Crippen LogP contribution in [0, 0.1) is 16.7 Å². The van der Waals surface area contributed by atoms with Crippen molar-refractivity contribution in [2.75, 3.05) is 12.4 Å². The Bertz CT molecular complexity index is 1010. The summed E-state index contributed by atoms with van der Waals surface area (Å²) in [5, 5.41) is 0.336. The second-order valence-corrected chi connectivity index (χ2v) is 13.2. The molecule has 0 aromatic heterocycles. The molecule has 3 rings (SSSR count). The summed E-state index contributed by atoms with van der Waals surface area (Å²) in [5.41, 5.74) is 5.49. The molecule has 0 aliphatic heterocycles. The van der Waals surface area contributed by atoms with Crippen LogP contribution in [0.25, 0.3) is 11.6 Å². The second kappa shape index (κ2) is 13.0. The fraction of sp³-hybridized carbons (Fsp3) is 0.545. The van der Waals surface area contributed by atoms with E-state index in [1.807, 2.05) is 0 Å². The molecule has 0 bridgehead atoms. The molecule has 0 amide bonds. The molecule has 0 saturated carbocycles. The molecule has 0 heterocycles. The molecule has 2 aromatic carbocycles. The second-order valence-electron chi connectivity index (χ2n) is 12.2. The molecule has 1 aliphatic carbocycles. The Morgan fingerprint density at radius 2 is 1.67 bits per heavy atom. The van der Waals surface area contributed by atoms with Gasteiger partial charge < -0.3 is 4.74 Å². The molecule has 36 heavy (non-hydrogen) atoms. The molecule has 1 unspecified atom stereocenters. The van der Waals surface area contributed by atoms with E-state index in [1.165, 1.54) is 40.4 Å². The van der Waals surface area contributed by atoms with Crippen LogP contribution in [0.3, 0.4) is 0 Å². The molecule has 0 spiro atoms. The largest absolute Gasteiger partial charge is 0.494 e. The lowest BCUT2D eigenvalue weighted by molar-refractivity contribution is -0.120. The highest BCUT2D eigenvalue weighted by atomic mass is 32.2. The highest BCUT2D eigenvalue weighted by Gasteiger charge is 2.35. The Labute approximate surface area is 224 Å². The third-order valence-corrected chi connectivity index (χ3v) is 8.75. The van der Waals surface area contributed by atoms with Crippen LogP contribution in [0.5, 0.6) is 5.75 Å². The summed E-state index contributed by atoms with van der Waals surface area (Å²) in [5.74, 6) is 2.22. The number of allylic oxidation sites excluding steroid dienone is 1. The minimum atomic E-state index is -0.274. The normalized spacial score (nSPS) is 15.0. The van der Waals surface area contributed by atoms with Crippen LogP contribution >= 0.6 is 11.8 Å². The van der Waals surface area contributed by atoms with Crippen LogP contribution in [0.2, 0.25) is 0 Å². The number of hydrogen-bond donors (Lipinski definition) is 0. The zero-order chi connectivity index (χ0) is 26.2. The topological polar surface area (TPSA) is 26.3 Å². The number of benzene rings is 2. The van der Waals surface area contributed by atoms with Crippen molar-refractivity contribution in [2.24, 2.45) is 16.7 Å². The van der Waals surface area contributed by atoms with E-state index in [1.54, 1.807) is 0 Å². The zero-order valence-corrected chi connectivity index (χ0v) is 24.2. The predicted octanol–water partition coefficient (Wildman–Crippen LogP) is 9.47. The van der Waals surface area contributed by atoms with Crippen molar-refractivity contribution in [2.45, 2.75) is 86.5 Å². The molecular weight excluding hydrogens is 460 g/mol. The van der Waals surface area contributed by atoms with Gasteiger partial charge in [0.15, 0.2) is 5.12 Å². The maximum absolute atomic E-state index is 12.8. The Morgan fingerprint density at radius 1 is 0.944 bits per heavy atom. The third-order valence-electron chi connectivity index (χ3n) is 7.47. The van der Waals surface area contributed by atoms with Gasteiger partial charge in [0.05, 0.1) is 6.61 Å². The molecule has 196 valence electrons. The van der Waals surface area contributed by atoms with Crippen molar-refractivity contribution in [3.8, 4) is 5.75 Å². The monoisotopic (exact) mass is 506 g/mol. The summed E-state index contributed by atoms with van der Waals surface area (Å²) in [6.07, 6.45) is 10.0. The number of carbonyl (C=O) groups excluding carboxylic acids is 1. The first-order valence-electron chi connectivity index (χ1n) is 13.8. The van der Waals surface area contributed by atoms with Gasteiger partial charge >= 0.3 is 0 Å². The lowest BCUT2D eigenvalue weighted by Gasteiger charge is -2.34. The van der Waals surface area contributed by atoms with Crippen molar-refractivity contribution in [3.05, 3.63) is 65.2 Å². The maximum atomic E-state index is 12.8. The Balaban J connectivity index is 1.36. The molecular formula is C33H46O2S. The smallest absolute Gasteiger partial charge is 0.194 e. The van der Waals surface area contributed by atoms with E-state index in [-0.39, 0.29) is 10.8 Å². The fourth-order valence-corrected chi connectivity index (χ4v) is 6.03. The van der Waals surface area contributed by atoms with Crippen molar-refractivity contribution < 1.29 is 9.53 Å². The standard InChI is InChI=1S/C33H46O2S/c1-25(24-32(2,3)4)33(5,6)31(34)36-22-11-7-10-21-35-30-19-17-27(18-20-30)29-16-12-15-26-13-8-9-14-28(26)23-29/h8-9,13-14,17-20,23,25H,7,10-12,15-16,21-22,24H2,1-6H3. The van der Waals surface area contributed by atoms with Crippen molar-refractivity contribution in [3.63, 3.8) is 0 Å². The van der Waals surface area contributed by atoms with E-state index in [2.05, 4.69) is 96.1 Å². The van der Waals surface area contributed by atoms with Crippen LogP contribution in [-0.4, -0.2) is 17.5 Å². The highest BCUT2D eigenvalue weighted by molar-refractivity contribution is 8.13. The van der Waals surface area contributed by atoms with Crippen molar-refractivity contribution >= 4 is 28.5 Å². The number of thioether (sulfide) groups is 1. The number of fused-ring (bicyclic) bond motifs is 1. The van der Waals surface area contributed by atoms with Crippen LogP contribution in [-0.2, 0) is 11.2 Å². The van der Waals surface area contributed by atoms with E-state index < -0.39 is 0 Å². The molecule has 0 saturated heterocycles. The minimum absolute atomic E-state index is 0.251. The number of ether oxygens (including phenoxy) is 1. The van der Waals surface area contributed by atoms with Gasteiger partial charge in [0.2, 0.25) is 0 Å². The molecule has 3 heteroatoms. The predicted molar refractivity (Wildman–Crippen MR) is 158 cm³/mol. The van der Waals surface area contributed by atoms with Gasteiger partial charge in [0.1, 0.15) is 5.75 Å². The van der Waals surface area contributed by atoms with Crippen LogP contribution < -0.4 is 4.74 Å². The summed E-state index contributed by atoms with van der Waals surface area (Å²) in [6.45, 7) is 13.9. The molecule has 1 atom stereocenters. The van der Waals surface area contributed by atoms with E-state index in [0.29, 0.717) is 11.0 Å². The molecule has 2 aromatic rings. The summed E-state index contributed by atoms with van der Waals surface area (Å²) in [7, 11) is 0. The van der Waals surface area contributed by atoms with Crippen LogP contribution in [0.4, 0.5) is 0 Å². The summed E-state index contributed by atoms with van der Waals surface area (Å²) >= 11 is 1.52. The van der Waals surface area contributed by atoms with Crippen molar-refractivity contribution in [1.82, 2.24) is 0 Å². The molecule has 2 nitrogen and oxygen atoms in total. The molecule has 1 aliphatic rings. The third kappa shape index (κ3) is 8.54. The van der Waals surface area contributed by atoms with Gasteiger partial charge in [-0.15, -0.1) is 0 Å². The summed E-state index contributed by atoms with van der Waals surface area (Å²) in [6, 6.07) is 17.3. The van der Waals surface area contributed by atoms with Gasteiger partial charge in [0, 0.05) is 11.2 Å². The van der Waals surface area contributed by atoms with Gasteiger partial charge in [-0.2, -0.15) is 0 Å². The van der Waals surface area contributed by atoms with Crippen LogP contribution in [0.15, 0.2) is 48.5 Å². The first-order chi connectivity index (χ1) is 17.1. The lowest BCUT2D eigenvalue weighted by Crippen LogP contribution is -2.32. The van der Waals surface area contributed by atoms with Crippen molar-refractivity contribution in [1.29, 1.82) is 0 Å². The molecule has 0 fully saturated rings. The number of hydrogen-bond acceptors (Lipinski definition) is 3. The average molecular weight is 507 g/mol. The van der Waals surface area contributed by atoms with E-state index in [9.17, 15) is 4.79 Å². The van der Waals surface area contributed by atoms with Gasteiger partial charge in [0.25, 0.3) is 0 Å². The summed E-state index contributed by atoms with van der Waals surface area (Å²) < 4.78 is 6.00. The first kappa shape index (κ1) is 28.6. The highest BCUT2D eigenvalue weighted by Crippen LogP contribution is 2.39. The number of carbonyl (C=O) groups is 1. The number of aryl methyl sites for hydroxylation is 1. The van der Waals surface area contributed by atoms with Gasteiger partial charge in [-0.25, -0.2) is 0 Å². The Kier molecular flexibility index (Phi) is 10.3. The molecule has 0 radical (unpaired) electrons. The number of rotatable bonds is 11. The average Bonchev–Trinajstić information content (AvgIpc) is 3.05. The van der Waals surface area contributed by atoms with Crippen LogP contribution in [0.1, 0.15) is 96.8 Å². The lowest BCUT2D eigenvalue weighted by atomic mass is 9.73. The van der Waals surface area contributed by atoms with Gasteiger partial charge in [-0.3, -0.25) is 4.79 Å². The zero-order valence-electron chi connectivity index (χ0n) is 23.4. The minimum Gasteiger partial charge on any atom is -0.494 e. The Hall–Kier alpha value is -2.00. The maximum Gasteiger partial charge on any atom is 0.194 e. The van der Waals surface area contributed by atoms with E-state index in [0.717, 1.165) is 56.6 Å². The van der Waals surface area contributed by atoms with E-state index in [4.69, 9.17) is 4.74 Å².